The molecule has 0 spiro atoms. The van der Waals surface area contributed by atoms with E-state index in [1.807, 2.05) is 0 Å². The van der Waals surface area contributed by atoms with E-state index in [1.54, 1.807) is 4.90 Å². The first-order valence-electron chi connectivity index (χ1n) is 6.95. The van der Waals surface area contributed by atoms with Gasteiger partial charge in [-0.2, -0.15) is 0 Å². The molecule has 116 valence electrons. The van der Waals surface area contributed by atoms with Crippen molar-refractivity contribution in [1.29, 1.82) is 0 Å². The first-order chi connectivity index (χ1) is 9.35. The van der Waals surface area contributed by atoms with Crippen molar-refractivity contribution < 1.29 is 24.9 Å². The van der Waals surface area contributed by atoms with Crippen LogP contribution in [0.2, 0.25) is 0 Å². The average molecular weight is 288 g/mol. The number of carbonyl (C=O) groups is 2. The highest BCUT2D eigenvalue weighted by molar-refractivity contribution is 5.75. The molecule has 7 heteroatoms. The molecule has 0 aliphatic carbocycles. The minimum absolute atomic E-state index is 0.0844. The molecule has 0 aromatic carbocycles. The molecule has 0 radical (unpaired) electrons. The van der Waals surface area contributed by atoms with E-state index in [0.29, 0.717) is 6.54 Å². The van der Waals surface area contributed by atoms with Crippen molar-refractivity contribution in [3.8, 4) is 0 Å². The Bertz CT molecular complexity index is 346. The topological polar surface area (TPSA) is 110 Å². The van der Waals surface area contributed by atoms with E-state index in [1.165, 1.54) is 6.92 Å². The number of amides is 2. The fourth-order valence-electron chi connectivity index (χ4n) is 2.39. The van der Waals surface area contributed by atoms with Gasteiger partial charge in [0, 0.05) is 13.1 Å². The number of nitrogens with zero attached hydrogens (tertiary/aromatic N) is 1. The monoisotopic (exact) mass is 288 g/mol. The lowest BCUT2D eigenvalue weighted by molar-refractivity contribution is -0.141. The first-order valence-corrected chi connectivity index (χ1v) is 6.95. The molecule has 4 N–H and O–H groups in total. The Labute approximate surface area is 118 Å². The minimum atomic E-state index is -1.48. The van der Waals surface area contributed by atoms with Gasteiger partial charge in [0.1, 0.15) is 0 Å². The number of hydrogen-bond donors (Lipinski definition) is 4. The number of nitrogens with one attached hydrogen (secondary N) is 1. The number of rotatable bonds is 5. The van der Waals surface area contributed by atoms with Gasteiger partial charge in [0.15, 0.2) is 0 Å². The van der Waals surface area contributed by atoms with E-state index < -0.39 is 18.0 Å². The summed E-state index contributed by atoms with van der Waals surface area (Å²) < 4.78 is 0. The number of likely N-dealkylation sites (tertiary alicyclic amines) is 1. The van der Waals surface area contributed by atoms with Gasteiger partial charge >= 0.3 is 12.0 Å². The molecule has 0 saturated carbocycles. The van der Waals surface area contributed by atoms with Crippen LogP contribution in [0, 0.1) is 0 Å². The molecule has 0 aromatic heterocycles. The fraction of sp³-hybridized carbons (Fsp3) is 0.846. The third-order valence-corrected chi connectivity index (χ3v) is 3.50. The predicted octanol–water partition coefficient (Wildman–Crippen LogP) is 0.159. The van der Waals surface area contributed by atoms with Crippen molar-refractivity contribution in [3.05, 3.63) is 0 Å². The second-order valence-electron chi connectivity index (χ2n) is 5.61. The summed E-state index contributed by atoms with van der Waals surface area (Å²) in [5.74, 6) is -1.12. The third kappa shape index (κ3) is 5.34. The number of carboxylic acids is 1. The normalized spacial score (nSPS) is 22.8. The molecule has 0 aromatic rings. The van der Waals surface area contributed by atoms with E-state index in [2.05, 4.69) is 5.32 Å². The van der Waals surface area contributed by atoms with Crippen LogP contribution in [0.25, 0.3) is 0 Å². The molecule has 20 heavy (non-hydrogen) atoms. The van der Waals surface area contributed by atoms with E-state index in [-0.39, 0.29) is 25.2 Å². The molecule has 1 rings (SSSR count). The molecule has 2 unspecified atom stereocenters. The zero-order chi connectivity index (χ0) is 15.2. The summed E-state index contributed by atoms with van der Waals surface area (Å²) in [6.45, 7) is 1.72. The molecule has 1 aliphatic heterocycles. The Hall–Kier alpha value is -1.34. The van der Waals surface area contributed by atoms with Crippen LogP contribution in [-0.4, -0.2) is 63.6 Å². The number of carbonyl (C=O) groups excluding carboxylic acids is 1. The highest BCUT2D eigenvalue weighted by atomic mass is 16.4. The lowest BCUT2D eigenvalue weighted by Crippen LogP contribution is -2.51. The second-order valence-corrected chi connectivity index (χ2v) is 5.61. The smallest absolute Gasteiger partial charge is 0.317 e. The summed E-state index contributed by atoms with van der Waals surface area (Å²) in [4.78, 5) is 24.3. The number of aliphatic carboxylic acids is 1. The molecule has 1 heterocycles. The number of urea groups is 1. The zero-order valence-corrected chi connectivity index (χ0v) is 11.8. The standard InChI is InChI=1S/C13H24N2O5/c1-13(20,7-11(17)18)9-14-12(19)15-6-4-2-3-5-10(15)8-16/h10,16,20H,2-9H2,1H3,(H,14,19)(H,17,18). The SMILES string of the molecule is CC(O)(CNC(=O)N1CCCCCC1CO)CC(=O)O. The van der Waals surface area contributed by atoms with Gasteiger partial charge in [-0.25, -0.2) is 4.79 Å². The molecule has 2 amide bonds. The molecular formula is C13H24N2O5. The van der Waals surface area contributed by atoms with E-state index in [9.17, 15) is 19.8 Å². The Balaban J connectivity index is 2.53. The van der Waals surface area contributed by atoms with E-state index in [0.717, 1.165) is 25.7 Å². The Morgan fingerprint density at radius 3 is 2.65 bits per heavy atom. The van der Waals surface area contributed by atoms with Crippen molar-refractivity contribution in [2.75, 3.05) is 19.7 Å². The van der Waals surface area contributed by atoms with Gasteiger partial charge in [0.05, 0.1) is 24.7 Å². The van der Waals surface area contributed by atoms with Crippen LogP contribution in [0.4, 0.5) is 4.79 Å². The second kappa shape index (κ2) is 7.44. The number of aliphatic hydroxyl groups excluding tert-OH is 1. The Morgan fingerprint density at radius 1 is 1.35 bits per heavy atom. The molecule has 1 aliphatic rings. The van der Waals surface area contributed by atoms with Crippen molar-refractivity contribution in [1.82, 2.24) is 10.2 Å². The van der Waals surface area contributed by atoms with Crippen LogP contribution < -0.4 is 5.32 Å². The first kappa shape index (κ1) is 16.7. The van der Waals surface area contributed by atoms with Gasteiger partial charge in [-0.05, 0) is 19.8 Å². The van der Waals surface area contributed by atoms with Crippen molar-refractivity contribution in [3.63, 3.8) is 0 Å². The minimum Gasteiger partial charge on any atom is -0.481 e. The fourth-order valence-corrected chi connectivity index (χ4v) is 2.39. The summed E-state index contributed by atoms with van der Waals surface area (Å²) >= 11 is 0. The van der Waals surface area contributed by atoms with E-state index in [4.69, 9.17) is 5.11 Å². The maximum atomic E-state index is 12.1. The zero-order valence-electron chi connectivity index (χ0n) is 11.8. The van der Waals surface area contributed by atoms with Crippen molar-refractivity contribution in [2.45, 2.75) is 50.7 Å². The summed E-state index contributed by atoms with van der Waals surface area (Å²) in [5, 5.41) is 30.4. The van der Waals surface area contributed by atoms with Gasteiger partial charge in [0.25, 0.3) is 0 Å². The van der Waals surface area contributed by atoms with E-state index >= 15 is 0 Å². The van der Waals surface area contributed by atoms with Gasteiger partial charge < -0.3 is 25.5 Å². The highest BCUT2D eigenvalue weighted by Crippen LogP contribution is 2.17. The van der Waals surface area contributed by atoms with Crippen LogP contribution in [0.15, 0.2) is 0 Å². The number of aliphatic hydroxyl groups is 2. The molecule has 1 saturated heterocycles. The van der Waals surface area contributed by atoms with Gasteiger partial charge in [-0.3, -0.25) is 4.79 Å². The lowest BCUT2D eigenvalue weighted by atomic mass is 10.0. The highest BCUT2D eigenvalue weighted by Gasteiger charge is 2.28. The lowest BCUT2D eigenvalue weighted by Gasteiger charge is -2.30. The molecule has 0 bridgehead atoms. The molecule has 2 atom stereocenters. The van der Waals surface area contributed by atoms with Crippen molar-refractivity contribution in [2.24, 2.45) is 0 Å². The van der Waals surface area contributed by atoms with Crippen LogP contribution in [0.1, 0.15) is 39.0 Å². The maximum Gasteiger partial charge on any atom is 0.317 e. The largest absolute Gasteiger partial charge is 0.481 e. The van der Waals surface area contributed by atoms with Gasteiger partial charge in [-0.1, -0.05) is 12.8 Å². The Kier molecular flexibility index (Phi) is 6.22. The number of carboxylic acid groups (broad SMARTS) is 1. The molecular weight excluding hydrogens is 264 g/mol. The maximum absolute atomic E-state index is 12.1. The molecule has 7 nitrogen and oxygen atoms in total. The van der Waals surface area contributed by atoms with Crippen LogP contribution in [0.3, 0.4) is 0 Å². The predicted molar refractivity (Wildman–Crippen MR) is 72.3 cm³/mol. The summed E-state index contributed by atoms with van der Waals surface area (Å²) in [6, 6.07) is -0.571. The van der Waals surface area contributed by atoms with Gasteiger partial charge in [0.2, 0.25) is 0 Å². The summed E-state index contributed by atoms with van der Waals surface area (Å²) in [5.41, 5.74) is -1.48. The Morgan fingerprint density at radius 2 is 2.05 bits per heavy atom. The number of hydrogen-bond acceptors (Lipinski definition) is 4. The molecule has 1 fully saturated rings. The van der Waals surface area contributed by atoms with Crippen molar-refractivity contribution >= 4 is 12.0 Å². The van der Waals surface area contributed by atoms with Crippen LogP contribution in [-0.2, 0) is 4.79 Å². The van der Waals surface area contributed by atoms with Crippen LogP contribution in [0.5, 0.6) is 0 Å². The average Bonchev–Trinajstić information content (AvgIpc) is 2.59. The van der Waals surface area contributed by atoms with Crippen LogP contribution >= 0.6 is 0 Å². The third-order valence-electron chi connectivity index (χ3n) is 3.50. The quantitative estimate of drug-likeness (QED) is 0.576. The van der Waals surface area contributed by atoms with Gasteiger partial charge in [-0.15, -0.1) is 0 Å². The summed E-state index contributed by atoms with van der Waals surface area (Å²) in [7, 11) is 0. The summed E-state index contributed by atoms with van der Waals surface area (Å²) in [6.07, 6.45) is 3.21.